The van der Waals surface area contributed by atoms with Crippen molar-refractivity contribution in [3.05, 3.63) is 119 Å². The minimum atomic E-state index is -1.95. The van der Waals surface area contributed by atoms with Gasteiger partial charge < -0.3 is 0 Å². The SMILES string of the molecule is c1ccc2c(c1)CP21(CCCP23(Cc4ccccc42)Cc2ccccc23)Cc2ccccc21. The fourth-order valence-corrected chi connectivity index (χ4v) is 23.5. The molecule has 0 bridgehead atoms. The standard InChI is InChI=1S/C31H30P2/c1-5-14-28-24(10-1)20-32(28,21-25-11-2-6-15-29(25)32)18-9-19-33(22-26-12-3-7-16-30(26)33)23-27-13-4-8-17-31(27)33/h1-8,10-17H,9,18-23H2. The van der Waals surface area contributed by atoms with Gasteiger partial charge in [0.1, 0.15) is 0 Å². The van der Waals surface area contributed by atoms with E-state index >= 15 is 0 Å². The summed E-state index contributed by atoms with van der Waals surface area (Å²) in [5.41, 5.74) is 6.54. The van der Waals surface area contributed by atoms with Crippen molar-refractivity contribution in [1.29, 1.82) is 0 Å². The zero-order valence-corrected chi connectivity index (χ0v) is 20.9. The van der Waals surface area contributed by atoms with Crippen LogP contribution in [0, 0.1) is 0 Å². The molecule has 0 radical (unpaired) electrons. The number of hydrogen-bond acceptors (Lipinski definition) is 0. The van der Waals surface area contributed by atoms with Crippen molar-refractivity contribution >= 4 is 34.4 Å². The molecule has 0 N–H and O–H groups in total. The van der Waals surface area contributed by atoms with E-state index in [4.69, 9.17) is 0 Å². The molecule has 164 valence electrons. The fourth-order valence-electron chi connectivity index (χ4n) is 8.83. The molecule has 0 amide bonds. The van der Waals surface area contributed by atoms with Crippen LogP contribution in [0.1, 0.15) is 28.7 Å². The maximum absolute atomic E-state index is 2.49. The first-order valence-electron chi connectivity index (χ1n) is 12.5. The molecule has 0 atom stereocenters. The first-order chi connectivity index (χ1) is 16.2. The van der Waals surface area contributed by atoms with Crippen LogP contribution in [0.3, 0.4) is 0 Å². The van der Waals surface area contributed by atoms with E-state index in [1.807, 2.05) is 0 Å². The summed E-state index contributed by atoms with van der Waals surface area (Å²) in [6.45, 7) is -3.90. The summed E-state index contributed by atoms with van der Waals surface area (Å²) in [6, 6.07) is 37.7. The Morgan fingerprint density at radius 3 is 0.939 bits per heavy atom. The van der Waals surface area contributed by atoms with Gasteiger partial charge in [0.2, 0.25) is 0 Å². The van der Waals surface area contributed by atoms with Crippen LogP contribution in [0.4, 0.5) is 0 Å². The first kappa shape index (κ1) is 19.1. The molecule has 0 saturated heterocycles. The molecule has 0 saturated carbocycles. The van der Waals surface area contributed by atoms with Crippen LogP contribution in [-0.4, -0.2) is 12.3 Å². The van der Waals surface area contributed by atoms with Gasteiger partial charge in [-0.05, 0) is 0 Å². The second kappa shape index (κ2) is 5.86. The zero-order valence-electron chi connectivity index (χ0n) is 19.1. The molecule has 8 rings (SSSR count). The Hall–Kier alpha value is -2.26. The van der Waals surface area contributed by atoms with Crippen molar-refractivity contribution in [2.75, 3.05) is 12.3 Å². The molecule has 2 spiro atoms. The van der Waals surface area contributed by atoms with Crippen molar-refractivity contribution in [3.8, 4) is 0 Å². The Kier molecular flexibility index (Phi) is 3.39. The fraction of sp³-hybridized carbons (Fsp3) is 0.226. The van der Waals surface area contributed by atoms with Crippen LogP contribution >= 0.6 is 13.2 Å². The molecule has 2 heteroatoms. The first-order valence-corrected chi connectivity index (χ1v) is 18.1. The van der Waals surface area contributed by atoms with Gasteiger partial charge in [0.15, 0.2) is 0 Å². The van der Waals surface area contributed by atoms with E-state index in [2.05, 4.69) is 97.1 Å². The van der Waals surface area contributed by atoms with E-state index in [1.54, 1.807) is 43.5 Å². The van der Waals surface area contributed by atoms with Crippen LogP contribution in [0.15, 0.2) is 97.1 Å². The number of hydrogen-bond donors (Lipinski definition) is 0. The van der Waals surface area contributed by atoms with Crippen molar-refractivity contribution < 1.29 is 0 Å². The van der Waals surface area contributed by atoms with Gasteiger partial charge >= 0.3 is 197 Å². The van der Waals surface area contributed by atoms with Crippen molar-refractivity contribution in [2.45, 2.75) is 31.1 Å². The van der Waals surface area contributed by atoms with Crippen molar-refractivity contribution in [1.82, 2.24) is 0 Å². The normalized spacial score (nSPS) is 24.4. The molecule has 0 unspecified atom stereocenters. The monoisotopic (exact) mass is 464 g/mol. The molecule has 33 heavy (non-hydrogen) atoms. The molecule has 0 nitrogen and oxygen atoms in total. The van der Waals surface area contributed by atoms with E-state index < -0.39 is 13.2 Å². The van der Waals surface area contributed by atoms with Crippen LogP contribution in [0.2, 0.25) is 0 Å². The summed E-state index contributed by atoms with van der Waals surface area (Å²) in [4.78, 5) is 0. The van der Waals surface area contributed by atoms with Gasteiger partial charge in [-0.25, -0.2) is 0 Å². The molecule has 0 fully saturated rings. The summed E-state index contributed by atoms with van der Waals surface area (Å²) in [5.74, 6) is 0. The third-order valence-electron chi connectivity index (χ3n) is 10.1. The van der Waals surface area contributed by atoms with Gasteiger partial charge in [-0.3, -0.25) is 0 Å². The van der Waals surface area contributed by atoms with Gasteiger partial charge in [0, 0.05) is 0 Å². The number of benzene rings is 4. The Balaban J connectivity index is 1.20. The summed E-state index contributed by atoms with van der Waals surface area (Å²) in [6.07, 6.45) is 9.71. The molecule has 0 aliphatic carbocycles. The predicted octanol–water partition coefficient (Wildman–Crippen LogP) is 5.84. The van der Waals surface area contributed by atoms with Crippen LogP contribution in [0.25, 0.3) is 0 Å². The Morgan fingerprint density at radius 1 is 0.394 bits per heavy atom. The van der Waals surface area contributed by atoms with E-state index in [0.717, 1.165) is 0 Å². The molecule has 4 aromatic rings. The zero-order chi connectivity index (χ0) is 21.8. The number of fused-ring (bicyclic) bond motifs is 8. The Morgan fingerprint density at radius 2 is 0.667 bits per heavy atom. The second-order valence-electron chi connectivity index (χ2n) is 11.4. The topological polar surface area (TPSA) is 0 Å². The average molecular weight is 465 g/mol. The maximum atomic E-state index is 2.49. The Bertz CT molecular complexity index is 1280. The van der Waals surface area contributed by atoms with Crippen molar-refractivity contribution in [2.24, 2.45) is 0 Å². The quantitative estimate of drug-likeness (QED) is 0.333. The number of rotatable bonds is 4. The molecular weight excluding hydrogens is 434 g/mol. The summed E-state index contributed by atoms with van der Waals surface area (Å²) < 4.78 is 0. The van der Waals surface area contributed by atoms with E-state index in [-0.39, 0.29) is 0 Å². The summed E-state index contributed by atoms with van der Waals surface area (Å²) in [5, 5.41) is 7.05. The molecule has 4 aliphatic heterocycles. The van der Waals surface area contributed by atoms with Gasteiger partial charge in [0.25, 0.3) is 0 Å². The van der Waals surface area contributed by atoms with Gasteiger partial charge in [-0.1, -0.05) is 0 Å². The third-order valence-corrected chi connectivity index (χ3v) is 24.1. The summed E-state index contributed by atoms with van der Waals surface area (Å²) in [7, 11) is 0. The van der Waals surface area contributed by atoms with Gasteiger partial charge in [-0.2, -0.15) is 0 Å². The van der Waals surface area contributed by atoms with Crippen molar-refractivity contribution in [3.63, 3.8) is 0 Å². The Labute approximate surface area is 196 Å². The predicted molar refractivity (Wildman–Crippen MR) is 147 cm³/mol. The van der Waals surface area contributed by atoms with E-state index in [9.17, 15) is 0 Å². The van der Waals surface area contributed by atoms with Crippen LogP contribution in [0.5, 0.6) is 0 Å². The third kappa shape index (κ3) is 1.97. The molecule has 4 heterocycles. The van der Waals surface area contributed by atoms with Gasteiger partial charge in [-0.15, -0.1) is 0 Å². The summed E-state index contributed by atoms with van der Waals surface area (Å²) >= 11 is 0. The van der Waals surface area contributed by atoms with Crippen LogP contribution in [-0.2, 0) is 24.6 Å². The molecule has 0 aromatic heterocycles. The minimum absolute atomic E-state index is 1.36. The van der Waals surface area contributed by atoms with E-state index in [1.165, 1.54) is 43.4 Å². The average Bonchev–Trinajstić information content (AvgIpc) is 2.80. The second-order valence-corrected chi connectivity index (χ2v) is 22.4. The molecule has 4 aliphatic rings. The van der Waals surface area contributed by atoms with Gasteiger partial charge in [0.05, 0.1) is 0 Å². The van der Waals surface area contributed by atoms with E-state index in [0.29, 0.717) is 0 Å². The molecular formula is C31H30P2. The molecule has 4 aromatic carbocycles. The van der Waals surface area contributed by atoms with Crippen LogP contribution < -0.4 is 21.2 Å².